The number of nitrogens with one attached hydrogen (secondary N) is 1. The maximum Gasteiger partial charge on any atom is 0.331 e. The van der Waals surface area contributed by atoms with E-state index < -0.39 is 5.97 Å². The van der Waals surface area contributed by atoms with Gasteiger partial charge >= 0.3 is 5.97 Å². The van der Waals surface area contributed by atoms with Gasteiger partial charge in [0.25, 0.3) is 0 Å². The van der Waals surface area contributed by atoms with Gasteiger partial charge in [-0.3, -0.25) is 0 Å². The second kappa shape index (κ2) is 4.99. The van der Waals surface area contributed by atoms with Crippen molar-refractivity contribution in [2.45, 2.75) is 6.42 Å². The van der Waals surface area contributed by atoms with Crippen LogP contribution in [0.3, 0.4) is 0 Å². The molecule has 1 heterocycles. The molecule has 2 N–H and O–H groups in total. The highest BCUT2D eigenvalue weighted by Crippen LogP contribution is 2.01. The molecule has 0 amide bonds. The number of hydrogen-bond donors (Lipinski definition) is 2. The molecular formula is C9H16N2O2. The molecule has 0 atom stereocenters. The number of nitrogens with zero attached hydrogens (tertiary/aromatic N) is 1. The molecule has 74 valence electrons. The van der Waals surface area contributed by atoms with Gasteiger partial charge in [-0.05, 0) is 6.42 Å². The predicted molar refractivity (Wildman–Crippen MR) is 50.7 cm³/mol. The van der Waals surface area contributed by atoms with Crippen LogP contribution in [0.15, 0.2) is 12.2 Å². The van der Waals surface area contributed by atoms with Crippen LogP contribution in [0, 0.1) is 0 Å². The molecule has 0 bridgehead atoms. The summed E-state index contributed by atoms with van der Waals surface area (Å²) >= 11 is 0. The van der Waals surface area contributed by atoms with E-state index in [1.807, 2.05) is 0 Å². The summed E-state index contributed by atoms with van der Waals surface area (Å²) in [6, 6.07) is 0. The van der Waals surface area contributed by atoms with Crippen molar-refractivity contribution in [1.82, 2.24) is 10.2 Å². The van der Waals surface area contributed by atoms with Crippen LogP contribution in [0.1, 0.15) is 6.42 Å². The molecular weight excluding hydrogens is 168 g/mol. The fraction of sp³-hybridized carbons (Fsp3) is 0.667. The lowest BCUT2D eigenvalue weighted by Crippen LogP contribution is -2.43. The van der Waals surface area contributed by atoms with E-state index in [-0.39, 0.29) is 0 Å². The van der Waals surface area contributed by atoms with Crippen molar-refractivity contribution in [3.63, 3.8) is 0 Å². The number of piperazine rings is 1. The van der Waals surface area contributed by atoms with Gasteiger partial charge < -0.3 is 15.3 Å². The van der Waals surface area contributed by atoms with Gasteiger partial charge in [0.1, 0.15) is 0 Å². The minimum absolute atomic E-state index is 0.304. The summed E-state index contributed by atoms with van der Waals surface area (Å²) in [4.78, 5) is 12.7. The molecule has 0 radical (unpaired) electrons. The van der Waals surface area contributed by atoms with Crippen LogP contribution in [-0.2, 0) is 4.79 Å². The van der Waals surface area contributed by atoms with Crippen LogP contribution >= 0.6 is 0 Å². The average Bonchev–Trinajstić information content (AvgIpc) is 2.15. The lowest BCUT2D eigenvalue weighted by Gasteiger charge is -2.26. The summed E-state index contributed by atoms with van der Waals surface area (Å²) in [5.74, 6) is -0.880. The van der Waals surface area contributed by atoms with Crippen molar-refractivity contribution in [3.05, 3.63) is 12.2 Å². The summed E-state index contributed by atoms with van der Waals surface area (Å²) in [6.07, 6.45) is 0.565. The van der Waals surface area contributed by atoms with Gasteiger partial charge in [0, 0.05) is 38.3 Å². The Morgan fingerprint density at radius 2 is 2.08 bits per heavy atom. The van der Waals surface area contributed by atoms with E-state index in [1.54, 1.807) is 0 Å². The van der Waals surface area contributed by atoms with Crippen molar-refractivity contribution in [2.24, 2.45) is 0 Å². The molecule has 0 aromatic carbocycles. The highest BCUT2D eigenvalue weighted by molar-refractivity contribution is 5.85. The molecule has 1 saturated heterocycles. The number of carbonyl (C=O) groups is 1. The van der Waals surface area contributed by atoms with Crippen LogP contribution < -0.4 is 5.32 Å². The summed E-state index contributed by atoms with van der Waals surface area (Å²) in [5, 5.41) is 11.8. The van der Waals surface area contributed by atoms with Crippen LogP contribution in [0.5, 0.6) is 0 Å². The first kappa shape index (κ1) is 10.2. The Labute approximate surface area is 78.2 Å². The molecule has 0 spiro atoms. The minimum atomic E-state index is -0.880. The molecule has 0 saturated carbocycles. The largest absolute Gasteiger partial charge is 0.478 e. The maximum absolute atomic E-state index is 10.4. The molecule has 1 aliphatic heterocycles. The van der Waals surface area contributed by atoms with Crippen LogP contribution in [-0.4, -0.2) is 48.7 Å². The average molecular weight is 184 g/mol. The van der Waals surface area contributed by atoms with Crippen LogP contribution in [0.4, 0.5) is 0 Å². The van der Waals surface area contributed by atoms with E-state index in [9.17, 15) is 4.79 Å². The first-order valence-electron chi connectivity index (χ1n) is 4.54. The van der Waals surface area contributed by atoms with E-state index in [0.29, 0.717) is 12.0 Å². The number of rotatable bonds is 4. The zero-order valence-corrected chi connectivity index (χ0v) is 7.75. The van der Waals surface area contributed by atoms with Gasteiger partial charge in [-0.1, -0.05) is 6.58 Å². The van der Waals surface area contributed by atoms with Crippen molar-refractivity contribution in [3.8, 4) is 0 Å². The first-order valence-corrected chi connectivity index (χ1v) is 4.54. The topological polar surface area (TPSA) is 52.6 Å². The van der Waals surface area contributed by atoms with Crippen LogP contribution in [0.2, 0.25) is 0 Å². The number of carboxylic acid groups (broad SMARTS) is 1. The minimum Gasteiger partial charge on any atom is -0.478 e. The van der Waals surface area contributed by atoms with E-state index in [0.717, 1.165) is 32.7 Å². The highest BCUT2D eigenvalue weighted by Gasteiger charge is 2.11. The van der Waals surface area contributed by atoms with Crippen molar-refractivity contribution >= 4 is 5.97 Å². The van der Waals surface area contributed by atoms with Crippen molar-refractivity contribution in [2.75, 3.05) is 32.7 Å². The molecule has 0 aliphatic carbocycles. The summed E-state index contributed by atoms with van der Waals surface area (Å²) in [5.41, 5.74) is 0.304. The fourth-order valence-corrected chi connectivity index (χ4v) is 1.33. The SMILES string of the molecule is C=C(CCN1CCNCC1)C(=O)O. The third-order valence-electron chi connectivity index (χ3n) is 2.24. The second-order valence-electron chi connectivity index (χ2n) is 3.25. The number of aliphatic carboxylic acids is 1. The Hall–Kier alpha value is -0.870. The third kappa shape index (κ3) is 3.57. The molecule has 1 aliphatic rings. The van der Waals surface area contributed by atoms with Gasteiger partial charge in [0.05, 0.1) is 0 Å². The highest BCUT2D eigenvalue weighted by atomic mass is 16.4. The lowest BCUT2D eigenvalue weighted by atomic mass is 10.2. The Balaban J connectivity index is 2.17. The van der Waals surface area contributed by atoms with E-state index in [4.69, 9.17) is 5.11 Å². The van der Waals surface area contributed by atoms with Gasteiger partial charge in [0.2, 0.25) is 0 Å². The lowest BCUT2D eigenvalue weighted by molar-refractivity contribution is -0.132. The van der Waals surface area contributed by atoms with E-state index in [1.165, 1.54) is 0 Å². The zero-order valence-electron chi connectivity index (χ0n) is 7.75. The fourth-order valence-electron chi connectivity index (χ4n) is 1.33. The Morgan fingerprint density at radius 3 is 2.62 bits per heavy atom. The molecule has 4 nitrogen and oxygen atoms in total. The zero-order chi connectivity index (χ0) is 9.68. The molecule has 13 heavy (non-hydrogen) atoms. The number of carboxylic acids is 1. The Morgan fingerprint density at radius 1 is 1.46 bits per heavy atom. The van der Waals surface area contributed by atoms with Crippen molar-refractivity contribution in [1.29, 1.82) is 0 Å². The first-order chi connectivity index (χ1) is 6.20. The third-order valence-corrected chi connectivity index (χ3v) is 2.24. The number of hydrogen-bond acceptors (Lipinski definition) is 3. The predicted octanol–water partition coefficient (Wildman–Crippen LogP) is -0.0775. The standard InChI is InChI=1S/C9H16N2O2/c1-8(9(12)13)2-5-11-6-3-10-4-7-11/h10H,1-7H2,(H,12,13). The quantitative estimate of drug-likeness (QED) is 0.600. The Kier molecular flexibility index (Phi) is 3.92. The molecule has 1 rings (SSSR count). The Bertz CT molecular complexity index is 198. The smallest absolute Gasteiger partial charge is 0.331 e. The molecule has 0 aromatic heterocycles. The van der Waals surface area contributed by atoms with Gasteiger partial charge in [-0.2, -0.15) is 0 Å². The van der Waals surface area contributed by atoms with E-state index in [2.05, 4.69) is 16.8 Å². The van der Waals surface area contributed by atoms with Gasteiger partial charge in [-0.15, -0.1) is 0 Å². The molecule has 0 unspecified atom stereocenters. The summed E-state index contributed by atoms with van der Waals surface area (Å²) in [6.45, 7) is 8.32. The monoisotopic (exact) mass is 184 g/mol. The molecule has 0 aromatic rings. The van der Waals surface area contributed by atoms with Crippen LogP contribution in [0.25, 0.3) is 0 Å². The van der Waals surface area contributed by atoms with Gasteiger partial charge in [0.15, 0.2) is 0 Å². The maximum atomic E-state index is 10.4. The summed E-state index contributed by atoms with van der Waals surface area (Å²) in [7, 11) is 0. The van der Waals surface area contributed by atoms with E-state index >= 15 is 0 Å². The summed E-state index contributed by atoms with van der Waals surface area (Å²) < 4.78 is 0. The van der Waals surface area contributed by atoms with Gasteiger partial charge in [-0.25, -0.2) is 4.79 Å². The molecule has 4 heteroatoms. The van der Waals surface area contributed by atoms with Crippen molar-refractivity contribution < 1.29 is 9.90 Å². The normalized spacial score (nSPS) is 18.5. The molecule has 1 fully saturated rings. The second-order valence-corrected chi connectivity index (χ2v) is 3.25.